The quantitative estimate of drug-likeness (QED) is 0.785. The van der Waals surface area contributed by atoms with Crippen LogP contribution in [0.25, 0.3) is 10.9 Å². The molecule has 1 amide bonds. The fourth-order valence-electron chi connectivity index (χ4n) is 3.24. The zero-order chi connectivity index (χ0) is 16.9. The van der Waals surface area contributed by atoms with Crippen LogP contribution in [0.3, 0.4) is 0 Å². The highest BCUT2D eigenvalue weighted by Crippen LogP contribution is 2.29. The molecule has 0 aliphatic heterocycles. The number of nitrogens with zero attached hydrogens (tertiary/aromatic N) is 1. The summed E-state index contributed by atoms with van der Waals surface area (Å²) in [7, 11) is 0. The highest BCUT2D eigenvalue weighted by molar-refractivity contribution is 5.85. The Hall–Kier alpha value is -1.81. The number of benzene rings is 1. The third-order valence-corrected chi connectivity index (χ3v) is 5.10. The average molecular weight is 316 g/mol. The molecule has 0 aliphatic rings. The Morgan fingerprint density at radius 3 is 2.61 bits per heavy atom. The molecule has 0 radical (unpaired) electrons. The van der Waals surface area contributed by atoms with E-state index in [1.165, 1.54) is 10.9 Å². The fourth-order valence-corrected chi connectivity index (χ4v) is 3.24. The Kier molecular flexibility index (Phi) is 5.83. The van der Waals surface area contributed by atoms with E-state index in [1.54, 1.807) is 0 Å². The van der Waals surface area contributed by atoms with Gasteiger partial charge in [0.25, 0.3) is 0 Å². The predicted molar refractivity (Wildman–Crippen MR) is 94.4 cm³/mol. The summed E-state index contributed by atoms with van der Waals surface area (Å²) in [6.07, 6.45) is 4.67. The number of nitrogens with one attached hydrogen (secondary N) is 1. The number of amides is 1. The molecule has 0 unspecified atom stereocenters. The lowest BCUT2D eigenvalue weighted by molar-refractivity contribution is -0.122. The Balaban J connectivity index is 2.04. The lowest BCUT2D eigenvalue weighted by Gasteiger charge is -2.31. The summed E-state index contributed by atoms with van der Waals surface area (Å²) in [6.45, 7) is 7.42. The molecular formula is C19H28N2O2. The molecule has 2 rings (SSSR count). The summed E-state index contributed by atoms with van der Waals surface area (Å²) >= 11 is 0. The van der Waals surface area contributed by atoms with Crippen LogP contribution in [0.4, 0.5) is 0 Å². The van der Waals surface area contributed by atoms with Gasteiger partial charge >= 0.3 is 0 Å². The Labute approximate surface area is 138 Å². The van der Waals surface area contributed by atoms with Crippen LogP contribution >= 0.6 is 0 Å². The first-order valence-electron chi connectivity index (χ1n) is 8.47. The number of aromatic nitrogens is 1. The van der Waals surface area contributed by atoms with Gasteiger partial charge in [-0.2, -0.15) is 0 Å². The first kappa shape index (κ1) is 17.5. The van der Waals surface area contributed by atoms with Gasteiger partial charge in [-0.25, -0.2) is 0 Å². The van der Waals surface area contributed by atoms with Gasteiger partial charge in [-0.3, -0.25) is 4.79 Å². The molecule has 0 saturated carbocycles. The van der Waals surface area contributed by atoms with Crippen molar-refractivity contribution in [2.24, 2.45) is 5.41 Å². The van der Waals surface area contributed by atoms with Crippen molar-refractivity contribution in [3.05, 3.63) is 36.0 Å². The van der Waals surface area contributed by atoms with Crippen LogP contribution in [-0.2, 0) is 11.3 Å². The van der Waals surface area contributed by atoms with Gasteiger partial charge in [0.15, 0.2) is 0 Å². The molecule has 126 valence electrons. The number of rotatable bonds is 8. The molecular weight excluding hydrogens is 288 g/mol. The average Bonchev–Trinajstić information content (AvgIpc) is 2.88. The summed E-state index contributed by atoms with van der Waals surface area (Å²) in [4.78, 5) is 12.4. The largest absolute Gasteiger partial charge is 0.396 e. The van der Waals surface area contributed by atoms with Crippen LogP contribution in [0, 0.1) is 12.3 Å². The van der Waals surface area contributed by atoms with E-state index in [1.807, 2.05) is 29.0 Å². The molecule has 23 heavy (non-hydrogen) atoms. The normalized spacial score (nSPS) is 11.8. The number of fused-ring (bicyclic) bond motifs is 1. The molecule has 4 nitrogen and oxygen atoms in total. The predicted octanol–water partition coefficient (Wildman–Crippen LogP) is 3.25. The molecule has 1 aromatic heterocycles. The molecule has 1 aromatic carbocycles. The lowest BCUT2D eigenvalue weighted by atomic mass is 9.79. The number of para-hydroxylation sites is 1. The maximum absolute atomic E-state index is 12.4. The highest BCUT2D eigenvalue weighted by atomic mass is 16.3. The molecule has 0 fully saturated rings. The van der Waals surface area contributed by atoms with Crippen molar-refractivity contribution in [3.8, 4) is 0 Å². The van der Waals surface area contributed by atoms with Crippen molar-refractivity contribution < 1.29 is 9.90 Å². The molecule has 2 aromatic rings. The molecule has 4 heteroatoms. The zero-order valence-corrected chi connectivity index (χ0v) is 14.4. The van der Waals surface area contributed by atoms with Crippen molar-refractivity contribution >= 4 is 16.8 Å². The summed E-state index contributed by atoms with van der Waals surface area (Å²) < 4.78 is 2.01. The minimum Gasteiger partial charge on any atom is -0.396 e. The second-order valence-electron chi connectivity index (χ2n) is 6.41. The standard InChI is InChI=1S/C19H28N2O2/c1-4-19(5-2,10-11-22)14-20-18(23)13-21-12-15(3)16-8-6-7-9-17(16)21/h6-9,12,22H,4-5,10-11,13-14H2,1-3H3,(H,20,23). The minimum absolute atomic E-state index is 0.000910. The molecule has 0 aliphatic carbocycles. The summed E-state index contributed by atoms with van der Waals surface area (Å²) in [6, 6.07) is 8.14. The molecule has 0 atom stereocenters. The molecule has 0 spiro atoms. The molecule has 0 saturated heterocycles. The summed E-state index contributed by atoms with van der Waals surface area (Å²) in [5.41, 5.74) is 2.27. The van der Waals surface area contributed by atoms with Crippen LogP contribution in [-0.4, -0.2) is 28.7 Å². The molecule has 2 N–H and O–H groups in total. The van der Waals surface area contributed by atoms with Gasteiger partial charge in [0, 0.05) is 30.3 Å². The third-order valence-electron chi connectivity index (χ3n) is 5.10. The van der Waals surface area contributed by atoms with E-state index < -0.39 is 0 Å². The minimum atomic E-state index is -0.000910. The van der Waals surface area contributed by atoms with E-state index in [0.717, 1.165) is 24.8 Å². The Morgan fingerprint density at radius 1 is 1.26 bits per heavy atom. The van der Waals surface area contributed by atoms with Crippen molar-refractivity contribution in [3.63, 3.8) is 0 Å². The summed E-state index contributed by atoms with van der Waals surface area (Å²) in [5.74, 6) is 0.0231. The van der Waals surface area contributed by atoms with Crippen molar-refractivity contribution in [1.82, 2.24) is 9.88 Å². The Bertz CT molecular complexity index is 656. The second-order valence-corrected chi connectivity index (χ2v) is 6.41. The fraction of sp³-hybridized carbons (Fsp3) is 0.526. The van der Waals surface area contributed by atoms with E-state index in [-0.39, 0.29) is 17.9 Å². The van der Waals surface area contributed by atoms with Gasteiger partial charge in [-0.05, 0) is 43.2 Å². The van der Waals surface area contributed by atoms with E-state index >= 15 is 0 Å². The second kappa shape index (κ2) is 7.64. The van der Waals surface area contributed by atoms with E-state index in [2.05, 4.69) is 32.2 Å². The zero-order valence-electron chi connectivity index (χ0n) is 14.4. The van der Waals surface area contributed by atoms with Crippen LogP contribution in [0.15, 0.2) is 30.5 Å². The van der Waals surface area contributed by atoms with E-state index in [4.69, 9.17) is 0 Å². The Morgan fingerprint density at radius 2 is 1.96 bits per heavy atom. The maximum Gasteiger partial charge on any atom is 0.239 e. The molecule has 1 heterocycles. The first-order chi connectivity index (χ1) is 11.0. The number of carbonyl (C=O) groups excluding carboxylic acids is 1. The number of hydrogen-bond acceptors (Lipinski definition) is 2. The number of aliphatic hydroxyl groups is 1. The van der Waals surface area contributed by atoms with Gasteiger partial charge in [0.1, 0.15) is 6.54 Å². The summed E-state index contributed by atoms with van der Waals surface area (Å²) in [5, 5.41) is 13.5. The van der Waals surface area contributed by atoms with Crippen molar-refractivity contribution in [2.75, 3.05) is 13.2 Å². The first-order valence-corrected chi connectivity index (χ1v) is 8.47. The smallest absolute Gasteiger partial charge is 0.239 e. The SMILES string of the molecule is CCC(CC)(CCO)CNC(=O)Cn1cc(C)c2ccccc21. The van der Waals surface area contributed by atoms with E-state index in [9.17, 15) is 9.90 Å². The monoisotopic (exact) mass is 316 g/mol. The third kappa shape index (κ3) is 3.94. The van der Waals surface area contributed by atoms with Crippen molar-refractivity contribution in [2.45, 2.75) is 46.6 Å². The molecule has 0 bridgehead atoms. The van der Waals surface area contributed by atoms with Crippen molar-refractivity contribution in [1.29, 1.82) is 0 Å². The van der Waals surface area contributed by atoms with Gasteiger partial charge in [0.05, 0.1) is 0 Å². The highest BCUT2D eigenvalue weighted by Gasteiger charge is 2.26. The number of hydrogen-bond donors (Lipinski definition) is 2. The lowest BCUT2D eigenvalue weighted by Crippen LogP contribution is -2.39. The number of carbonyl (C=O) groups is 1. The van der Waals surface area contributed by atoms with Gasteiger partial charge in [0.2, 0.25) is 5.91 Å². The van der Waals surface area contributed by atoms with Crippen LogP contribution < -0.4 is 5.32 Å². The van der Waals surface area contributed by atoms with Crippen LogP contribution in [0.2, 0.25) is 0 Å². The van der Waals surface area contributed by atoms with Gasteiger partial charge < -0.3 is 15.0 Å². The van der Waals surface area contributed by atoms with Crippen LogP contribution in [0.1, 0.15) is 38.7 Å². The topological polar surface area (TPSA) is 54.3 Å². The van der Waals surface area contributed by atoms with E-state index in [0.29, 0.717) is 13.1 Å². The van der Waals surface area contributed by atoms with Gasteiger partial charge in [-0.1, -0.05) is 32.0 Å². The van der Waals surface area contributed by atoms with Gasteiger partial charge in [-0.15, -0.1) is 0 Å². The number of aryl methyl sites for hydroxylation is 1. The maximum atomic E-state index is 12.4. The van der Waals surface area contributed by atoms with Crippen LogP contribution in [0.5, 0.6) is 0 Å². The number of aliphatic hydroxyl groups excluding tert-OH is 1.